The second-order valence-corrected chi connectivity index (χ2v) is 5.13. The third-order valence-corrected chi connectivity index (χ3v) is 3.06. The van der Waals surface area contributed by atoms with Crippen molar-refractivity contribution in [3.8, 4) is 0 Å². The monoisotopic (exact) mass is 304 g/mol. The summed E-state index contributed by atoms with van der Waals surface area (Å²) >= 11 is 0. The molecule has 0 aliphatic rings. The summed E-state index contributed by atoms with van der Waals surface area (Å²) < 4.78 is 10.0. The summed E-state index contributed by atoms with van der Waals surface area (Å²) in [7, 11) is 0. The van der Waals surface area contributed by atoms with Crippen LogP contribution in [-0.2, 0) is 19.1 Å². The Bertz CT molecular complexity index is 305. The van der Waals surface area contributed by atoms with Gasteiger partial charge in [-0.1, -0.05) is 33.1 Å². The van der Waals surface area contributed by atoms with E-state index in [0.29, 0.717) is 12.8 Å². The molecule has 0 saturated carbocycles. The first kappa shape index (κ1) is 19.9. The number of hydrogen-bond acceptors (Lipinski definition) is 6. The molecule has 6 heteroatoms. The Balaban J connectivity index is 4.50. The molecule has 0 aromatic heterocycles. The molecule has 0 saturated heterocycles. The summed E-state index contributed by atoms with van der Waals surface area (Å²) in [6, 6.07) is 0. The van der Waals surface area contributed by atoms with Crippen LogP contribution in [0.25, 0.3) is 0 Å². The summed E-state index contributed by atoms with van der Waals surface area (Å²) in [6.07, 6.45) is 1.93. The van der Waals surface area contributed by atoms with Crippen molar-refractivity contribution in [2.75, 3.05) is 6.61 Å². The highest BCUT2D eigenvalue weighted by Crippen LogP contribution is 2.15. The van der Waals surface area contributed by atoms with E-state index in [-0.39, 0.29) is 19.1 Å². The first-order valence-electron chi connectivity index (χ1n) is 7.66. The minimum atomic E-state index is -1.40. The summed E-state index contributed by atoms with van der Waals surface area (Å²) in [5.74, 6) is -2.43. The number of aliphatic hydroxyl groups excluding tert-OH is 2. The van der Waals surface area contributed by atoms with Gasteiger partial charge in [-0.15, -0.1) is 0 Å². The van der Waals surface area contributed by atoms with Gasteiger partial charge >= 0.3 is 11.9 Å². The molecule has 0 fully saturated rings. The Morgan fingerprint density at radius 3 is 2.14 bits per heavy atom. The lowest BCUT2D eigenvalue weighted by molar-refractivity contribution is -0.181. The molecule has 0 amide bonds. The zero-order valence-electron chi connectivity index (χ0n) is 13.2. The molecule has 0 aromatic rings. The molecular weight excluding hydrogens is 276 g/mol. The Kier molecular flexibility index (Phi) is 10.9. The second-order valence-electron chi connectivity index (χ2n) is 5.13. The molecular formula is C15H28O6. The van der Waals surface area contributed by atoms with Gasteiger partial charge in [0.15, 0.2) is 5.92 Å². The van der Waals surface area contributed by atoms with Gasteiger partial charge in [0.1, 0.15) is 0 Å². The largest absolute Gasteiger partial charge is 0.462 e. The van der Waals surface area contributed by atoms with Gasteiger partial charge in [-0.05, 0) is 19.8 Å². The molecule has 2 N–H and O–H groups in total. The Morgan fingerprint density at radius 2 is 1.62 bits per heavy atom. The molecule has 0 radical (unpaired) electrons. The number of carbonyl (C=O) groups excluding carboxylic acids is 2. The number of unbranched alkanes of at least 4 members (excludes halogenated alkanes) is 1. The van der Waals surface area contributed by atoms with Gasteiger partial charge < -0.3 is 19.7 Å². The molecule has 3 atom stereocenters. The summed E-state index contributed by atoms with van der Waals surface area (Å²) in [5, 5.41) is 18.0. The standard InChI is InChI=1S/C15H28O6/c1-4-6-8-11(3)20-14(18)12(7-5-2)15(19)21-13(17)9-10-16/h11-13,16-17H,4-10H2,1-3H3. The number of carbonyl (C=O) groups is 2. The lowest BCUT2D eigenvalue weighted by Gasteiger charge is -2.19. The Hall–Kier alpha value is -1.14. The van der Waals surface area contributed by atoms with Crippen LogP contribution >= 0.6 is 0 Å². The second kappa shape index (κ2) is 11.5. The topological polar surface area (TPSA) is 93.1 Å². The quantitative estimate of drug-likeness (QED) is 0.343. The highest BCUT2D eigenvalue weighted by atomic mass is 16.6. The van der Waals surface area contributed by atoms with Gasteiger partial charge in [-0.2, -0.15) is 0 Å². The van der Waals surface area contributed by atoms with Crippen molar-refractivity contribution in [3.05, 3.63) is 0 Å². The van der Waals surface area contributed by atoms with Crippen molar-refractivity contribution < 1.29 is 29.3 Å². The van der Waals surface area contributed by atoms with Gasteiger partial charge in [0.05, 0.1) is 6.10 Å². The maximum absolute atomic E-state index is 12.0. The van der Waals surface area contributed by atoms with Crippen molar-refractivity contribution in [1.82, 2.24) is 0 Å². The lowest BCUT2D eigenvalue weighted by Crippen LogP contribution is -2.33. The molecule has 6 nitrogen and oxygen atoms in total. The predicted octanol–water partition coefficient (Wildman–Crippen LogP) is 1.77. The summed E-state index contributed by atoms with van der Waals surface area (Å²) in [4.78, 5) is 23.9. The molecule has 3 unspecified atom stereocenters. The van der Waals surface area contributed by atoms with Crippen LogP contribution in [0.4, 0.5) is 0 Å². The molecule has 21 heavy (non-hydrogen) atoms. The van der Waals surface area contributed by atoms with E-state index in [1.165, 1.54) is 0 Å². The van der Waals surface area contributed by atoms with Crippen LogP contribution in [-0.4, -0.2) is 41.2 Å². The maximum Gasteiger partial charge on any atom is 0.322 e. The van der Waals surface area contributed by atoms with E-state index in [2.05, 4.69) is 0 Å². The molecule has 0 aromatic carbocycles. The highest BCUT2D eigenvalue weighted by Gasteiger charge is 2.31. The highest BCUT2D eigenvalue weighted by molar-refractivity contribution is 5.94. The number of rotatable bonds is 11. The molecule has 0 bridgehead atoms. The first-order chi connectivity index (χ1) is 9.96. The molecule has 124 valence electrons. The van der Waals surface area contributed by atoms with Crippen LogP contribution < -0.4 is 0 Å². The van der Waals surface area contributed by atoms with E-state index in [1.807, 2.05) is 13.8 Å². The van der Waals surface area contributed by atoms with E-state index in [1.54, 1.807) is 6.92 Å². The van der Waals surface area contributed by atoms with Gasteiger partial charge in [0.2, 0.25) is 6.29 Å². The predicted molar refractivity (Wildman–Crippen MR) is 77.3 cm³/mol. The van der Waals surface area contributed by atoms with E-state index in [4.69, 9.17) is 14.6 Å². The fraction of sp³-hybridized carbons (Fsp3) is 0.867. The van der Waals surface area contributed by atoms with Crippen molar-refractivity contribution in [1.29, 1.82) is 0 Å². The zero-order chi connectivity index (χ0) is 16.3. The van der Waals surface area contributed by atoms with Crippen molar-refractivity contribution in [2.45, 2.75) is 71.7 Å². The van der Waals surface area contributed by atoms with E-state index >= 15 is 0 Å². The average Bonchev–Trinajstić information content (AvgIpc) is 2.42. The van der Waals surface area contributed by atoms with Crippen LogP contribution in [0, 0.1) is 5.92 Å². The lowest BCUT2D eigenvalue weighted by atomic mass is 10.0. The average molecular weight is 304 g/mol. The van der Waals surface area contributed by atoms with Gasteiger partial charge in [0, 0.05) is 13.0 Å². The van der Waals surface area contributed by atoms with Crippen LogP contribution in [0.1, 0.15) is 59.3 Å². The molecule has 0 rings (SSSR count). The third kappa shape index (κ3) is 8.67. The Morgan fingerprint density at radius 1 is 1.00 bits per heavy atom. The smallest absolute Gasteiger partial charge is 0.322 e. The maximum atomic E-state index is 12.0. The van der Waals surface area contributed by atoms with Gasteiger partial charge in [0.25, 0.3) is 0 Å². The van der Waals surface area contributed by atoms with Gasteiger partial charge in [-0.3, -0.25) is 9.59 Å². The number of ether oxygens (including phenoxy) is 2. The molecule has 0 aliphatic carbocycles. The van der Waals surface area contributed by atoms with E-state index in [0.717, 1.165) is 19.3 Å². The van der Waals surface area contributed by atoms with E-state index in [9.17, 15) is 14.7 Å². The van der Waals surface area contributed by atoms with E-state index < -0.39 is 24.1 Å². The zero-order valence-corrected chi connectivity index (χ0v) is 13.2. The molecule has 0 spiro atoms. The molecule has 0 heterocycles. The summed E-state index contributed by atoms with van der Waals surface area (Å²) in [5.41, 5.74) is 0. The third-order valence-electron chi connectivity index (χ3n) is 3.06. The van der Waals surface area contributed by atoms with Crippen LogP contribution in [0.2, 0.25) is 0 Å². The fourth-order valence-corrected chi connectivity index (χ4v) is 1.84. The number of aliphatic hydroxyl groups is 2. The first-order valence-corrected chi connectivity index (χ1v) is 7.66. The van der Waals surface area contributed by atoms with Crippen molar-refractivity contribution in [2.24, 2.45) is 5.92 Å². The Labute approximate surface area is 126 Å². The van der Waals surface area contributed by atoms with Crippen molar-refractivity contribution in [3.63, 3.8) is 0 Å². The minimum Gasteiger partial charge on any atom is -0.462 e. The van der Waals surface area contributed by atoms with Crippen LogP contribution in [0.3, 0.4) is 0 Å². The number of hydrogen-bond donors (Lipinski definition) is 2. The van der Waals surface area contributed by atoms with Gasteiger partial charge in [-0.25, -0.2) is 0 Å². The normalized spacial score (nSPS) is 15.1. The molecule has 0 aliphatic heterocycles. The van der Waals surface area contributed by atoms with Crippen molar-refractivity contribution >= 4 is 11.9 Å². The summed E-state index contributed by atoms with van der Waals surface area (Å²) in [6.45, 7) is 5.39. The fourth-order valence-electron chi connectivity index (χ4n) is 1.84. The minimum absolute atomic E-state index is 0.0768. The number of esters is 2. The van der Waals surface area contributed by atoms with Crippen LogP contribution in [0.5, 0.6) is 0 Å². The van der Waals surface area contributed by atoms with Crippen LogP contribution in [0.15, 0.2) is 0 Å². The SMILES string of the molecule is CCCCC(C)OC(=O)C(CCC)C(=O)OC(O)CCO.